The van der Waals surface area contributed by atoms with Crippen molar-refractivity contribution < 1.29 is 9.53 Å². The van der Waals surface area contributed by atoms with E-state index in [1.165, 1.54) is 0 Å². The van der Waals surface area contributed by atoms with E-state index in [0.717, 1.165) is 31.6 Å². The number of halogens is 1. The second-order valence-corrected chi connectivity index (χ2v) is 6.61. The zero-order chi connectivity index (χ0) is 17.9. The van der Waals surface area contributed by atoms with E-state index >= 15 is 0 Å². The molecule has 0 spiro atoms. The Morgan fingerprint density at radius 2 is 1.77 bits per heavy atom. The molecule has 1 aromatic heterocycles. The molecule has 2 aromatic rings. The number of ether oxygens (including phenoxy) is 1. The number of aldehydes is 1. The molecule has 7 nitrogen and oxygen atoms in total. The van der Waals surface area contributed by atoms with E-state index in [1.54, 1.807) is 6.07 Å². The van der Waals surface area contributed by atoms with Crippen molar-refractivity contribution in [2.75, 3.05) is 54.1 Å². The molecule has 2 aliphatic heterocycles. The van der Waals surface area contributed by atoms with Crippen LogP contribution >= 0.6 is 11.6 Å². The van der Waals surface area contributed by atoms with E-state index < -0.39 is 6.17 Å². The van der Waals surface area contributed by atoms with Crippen LogP contribution in [0.4, 0.5) is 17.5 Å². The predicted molar refractivity (Wildman–Crippen MR) is 101 cm³/mol. The van der Waals surface area contributed by atoms with Gasteiger partial charge in [0.05, 0.1) is 13.2 Å². The summed E-state index contributed by atoms with van der Waals surface area (Å²) in [5, 5.41) is 0.374. The summed E-state index contributed by atoms with van der Waals surface area (Å²) in [6, 6.07) is 11.6. The van der Waals surface area contributed by atoms with Gasteiger partial charge in [0.2, 0.25) is 5.95 Å². The number of para-hydroxylation sites is 1. The van der Waals surface area contributed by atoms with Crippen LogP contribution < -0.4 is 14.7 Å². The number of hydrogen-bond acceptors (Lipinski definition) is 7. The Morgan fingerprint density at radius 3 is 2.50 bits per heavy atom. The maximum Gasteiger partial charge on any atom is 0.228 e. The summed E-state index contributed by atoms with van der Waals surface area (Å²) in [7, 11) is 0. The van der Waals surface area contributed by atoms with Crippen molar-refractivity contribution in [2.24, 2.45) is 0 Å². The van der Waals surface area contributed by atoms with Crippen LogP contribution in [0.25, 0.3) is 0 Å². The van der Waals surface area contributed by atoms with Crippen molar-refractivity contribution in [3.05, 3.63) is 41.6 Å². The zero-order valence-corrected chi connectivity index (χ0v) is 15.0. The lowest BCUT2D eigenvalue weighted by Gasteiger charge is -2.30. The lowest BCUT2D eigenvalue weighted by molar-refractivity contribution is -0.108. The zero-order valence-electron chi connectivity index (χ0n) is 14.3. The third-order valence-electron chi connectivity index (χ3n) is 4.69. The van der Waals surface area contributed by atoms with Crippen LogP contribution in [-0.2, 0) is 9.53 Å². The second kappa shape index (κ2) is 7.47. The Labute approximate surface area is 157 Å². The molecule has 1 atom stereocenters. The van der Waals surface area contributed by atoms with E-state index in [4.69, 9.17) is 16.3 Å². The van der Waals surface area contributed by atoms with Gasteiger partial charge in [0.25, 0.3) is 0 Å². The van der Waals surface area contributed by atoms with Gasteiger partial charge in [0, 0.05) is 37.9 Å². The number of carbonyl (C=O) groups excluding carboxylic acids is 1. The third kappa shape index (κ3) is 3.32. The van der Waals surface area contributed by atoms with Crippen molar-refractivity contribution in [3.63, 3.8) is 0 Å². The molecule has 3 heterocycles. The van der Waals surface area contributed by atoms with Crippen molar-refractivity contribution in [1.29, 1.82) is 0 Å². The summed E-state index contributed by atoms with van der Waals surface area (Å²) in [5.41, 5.74) is 1.01. The molecule has 0 bridgehead atoms. The van der Waals surface area contributed by atoms with E-state index in [0.29, 0.717) is 36.7 Å². The Hall–Kier alpha value is -2.38. The Morgan fingerprint density at radius 1 is 1.04 bits per heavy atom. The highest BCUT2D eigenvalue weighted by molar-refractivity contribution is 6.29. The SMILES string of the molecule is O=CC1N(c2ccccc2)CCN1c1cc(Cl)nc(N2CCOCC2)n1. The molecule has 0 amide bonds. The van der Waals surface area contributed by atoms with E-state index in [1.807, 2.05) is 35.2 Å². The highest BCUT2D eigenvalue weighted by atomic mass is 35.5. The van der Waals surface area contributed by atoms with Crippen LogP contribution in [0.5, 0.6) is 0 Å². The Bertz CT molecular complexity index is 769. The maximum atomic E-state index is 11.9. The van der Waals surface area contributed by atoms with Gasteiger partial charge >= 0.3 is 0 Å². The smallest absolute Gasteiger partial charge is 0.228 e. The van der Waals surface area contributed by atoms with Crippen molar-refractivity contribution in [2.45, 2.75) is 6.17 Å². The first kappa shape index (κ1) is 17.1. The van der Waals surface area contributed by atoms with Crippen molar-refractivity contribution in [3.8, 4) is 0 Å². The summed E-state index contributed by atoms with van der Waals surface area (Å²) >= 11 is 6.25. The first-order valence-electron chi connectivity index (χ1n) is 8.67. The Balaban J connectivity index is 1.62. The van der Waals surface area contributed by atoms with Gasteiger partial charge in [0.1, 0.15) is 11.0 Å². The molecule has 0 aliphatic carbocycles. The number of morpholine rings is 1. The molecule has 2 saturated heterocycles. The van der Waals surface area contributed by atoms with E-state index in [2.05, 4.69) is 19.8 Å². The molecule has 26 heavy (non-hydrogen) atoms. The third-order valence-corrected chi connectivity index (χ3v) is 4.88. The molecule has 136 valence electrons. The quantitative estimate of drug-likeness (QED) is 0.598. The standard InChI is InChI=1S/C18H20ClN5O2/c19-15-12-16(21-18(20-15)22-8-10-26-11-9-22)24-7-6-23(17(24)13-25)14-4-2-1-3-5-14/h1-5,12-13,17H,6-11H2. The molecule has 8 heteroatoms. The fraction of sp³-hybridized carbons (Fsp3) is 0.389. The highest BCUT2D eigenvalue weighted by Crippen LogP contribution is 2.28. The van der Waals surface area contributed by atoms with Crippen LogP contribution in [0.3, 0.4) is 0 Å². The minimum atomic E-state index is -0.416. The largest absolute Gasteiger partial charge is 0.378 e. The van der Waals surface area contributed by atoms with E-state index in [9.17, 15) is 4.79 Å². The lowest BCUT2D eigenvalue weighted by Crippen LogP contribution is -2.41. The second-order valence-electron chi connectivity index (χ2n) is 6.22. The minimum Gasteiger partial charge on any atom is -0.378 e. The monoisotopic (exact) mass is 373 g/mol. The van der Waals surface area contributed by atoms with E-state index in [-0.39, 0.29) is 0 Å². The van der Waals surface area contributed by atoms with Gasteiger partial charge in [-0.25, -0.2) is 4.98 Å². The Kier molecular flexibility index (Phi) is 4.90. The molecule has 4 rings (SSSR count). The molecule has 0 N–H and O–H groups in total. The summed E-state index contributed by atoms with van der Waals surface area (Å²) < 4.78 is 5.39. The molecule has 2 fully saturated rings. The van der Waals surface area contributed by atoms with Crippen LogP contribution in [0, 0.1) is 0 Å². The van der Waals surface area contributed by atoms with Crippen LogP contribution in [0.1, 0.15) is 0 Å². The first-order valence-corrected chi connectivity index (χ1v) is 9.05. The highest BCUT2D eigenvalue weighted by Gasteiger charge is 2.33. The van der Waals surface area contributed by atoms with Crippen LogP contribution in [0.15, 0.2) is 36.4 Å². The molecule has 0 saturated carbocycles. The number of aromatic nitrogens is 2. The van der Waals surface area contributed by atoms with Gasteiger partial charge in [-0.05, 0) is 12.1 Å². The fourth-order valence-electron chi connectivity index (χ4n) is 3.39. The van der Waals surface area contributed by atoms with Gasteiger partial charge in [0.15, 0.2) is 12.5 Å². The van der Waals surface area contributed by atoms with Gasteiger partial charge in [-0.15, -0.1) is 0 Å². The van der Waals surface area contributed by atoms with Crippen LogP contribution in [0.2, 0.25) is 5.15 Å². The maximum absolute atomic E-state index is 11.9. The summed E-state index contributed by atoms with van der Waals surface area (Å²) in [4.78, 5) is 27.0. The average molecular weight is 374 g/mol. The van der Waals surface area contributed by atoms with Crippen molar-refractivity contribution in [1.82, 2.24) is 9.97 Å². The number of hydrogen-bond donors (Lipinski definition) is 0. The van der Waals surface area contributed by atoms with Crippen LogP contribution in [-0.4, -0.2) is 61.8 Å². The van der Waals surface area contributed by atoms with Gasteiger partial charge < -0.3 is 19.4 Å². The predicted octanol–water partition coefficient (Wildman–Crippen LogP) is 1.82. The molecule has 1 aromatic carbocycles. The number of benzene rings is 1. The van der Waals surface area contributed by atoms with Gasteiger partial charge in [-0.2, -0.15) is 4.98 Å². The number of anilines is 3. The number of nitrogens with zero attached hydrogens (tertiary/aromatic N) is 5. The normalized spacial score (nSPS) is 20.5. The molecule has 2 aliphatic rings. The molecule has 0 radical (unpaired) electrons. The number of carbonyl (C=O) groups is 1. The topological polar surface area (TPSA) is 61.8 Å². The average Bonchev–Trinajstić information content (AvgIpc) is 3.13. The molecule has 1 unspecified atom stereocenters. The lowest BCUT2D eigenvalue weighted by atomic mass is 10.3. The molecular formula is C18H20ClN5O2. The fourth-order valence-corrected chi connectivity index (χ4v) is 3.57. The van der Waals surface area contributed by atoms with Crippen molar-refractivity contribution >= 4 is 35.3 Å². The first-order chi connectivity index (χ1) is 12.8. The minimum absolute atomic E-state index is 0.374. The number of rotatable bonds is 4. The van der Waals surface area contributed by atoms with Gasteiger partial charge in [-0.3, -0.25) is 4.79 Å². The summed E-state index contributed by atoms with van der Waals surface area (Å²) in [5.74, 6) is 1.25. The molecular weight excluding hydrogens is 354 g/mol. The summed E-state index contributed by atoms with van der Waals surface area (Å²) in [6.45, 7) is 4.18. The summed E-state index contributed by atoms with van der Waals surface area (Å²) in [6.07, 6.45) is 0.533. The van der Waals surface area contributed by atoms with Gasteiger partial charge in [-0.1, -0.05) is 29.8 Å².